The zero-order valence-corrected chi connectivity index (χ0v) is 11.0. The van der Waals surface area contributed by atoms with Crippen LogP contribution in [0.15, 0.2) is 23.1 Å². The molecule has 0 radical (unpaired) electrons. The van der Waals surface area contributed by atoms with Crippen molar-refractivity contribution >= 4 is 39.0 Å². The third-order valence-corrected chi connectivity index (χ3v) is 4.59. The molecule has 0 atom stereocenters. The Balaban J connectivity index is 2.82. The van der Waals surface area contributed by atoms with E-state index in [-0.39, 0.29) is 33.5 Å². The van der Waals surface area contributed by atoms with Crippen molar-refractivity contribution in [1.82, 2.24) is 0 Å². The Kier molecular flexibility index (Phi) is 4.80. The average Bonchev–Trinajstić information content (AvgIpc) is 2.21. The number of benzene rings is 1. The van der Waals surface area contributed by atoms with Gasteiger partial charge in [-0.1, -0.05) is 23.2 Å². The van der Waals surface area contributed by atoms with E-state index in [0.29, 0.717) is 0 Å². The van der Waals surface area contributed by atoms with Gasteiger partial charge in [-0.3, -0.25) is 4.79 Å². The summed E-state index contributed by atoms with van der Waals surface area (Å²) >= 11 is 11.4. The highest BCUT2D eigenvalue weighted by atomic mass is 35.5. The van der Waals surface area contributed by atoms with Gasteiger partial charge in [0.1, 0.15) is 0 Å². The number of halogens is 2. The van der Waals surface area contributed by atoms with E-state index in [2.05, 4.69) is 0 Å². The highest BCUT2D eigenvalue weighted by Gasteiger charge is 2.16. The van der Waals surface area contributed by atoms with Gasteiger partial charge in [-0.15, -0.1) is 0 Å². The van der Waals surface area contributed by atoms with Gasteiger partial charge in [-0.2, -0.15) is 0 Å². The van der Waals surface area contributed by atoms with Gasteiger partial charge in [0.25, 0.3) is 0 Å². The van der Waals surface area contributed by atoms with E-state index in [1.165, 1.54) is 18.2 Å². The summed E-state index contributed by atoms with van der Waals surface area (Å²) < 4.78 is 23.6. The zero-order valence-electron chi connectivity index (χ0n) is 8.69. The minimum atomic E-state index is -3.50. The number of rotatable bonds is 5. The summed E-state index contributed by atoms with van der Waals surface area (Å²) in [6.45, 7) is 0. The standard InChI is InChI=1S/C10H10Cl2O4S/c11-8-4-3-7(6-9(8)12)17(15,16)5-1-2-10(13)14/h3-4,6H,1-2,5H2,(H,13,14). The van der Waals surface area contributed by atoms with Crippen LogP contribution in [0, 0.1) is 0 Å². The van der Waals surface area contributed by atoms with Crippen LogP contribution >= 0.6 is 23.2 Å². The Hall–Kier alpha value is -0.780. The molecule has 1 aromatic rings. The van der Waals surface area contributed by atoms with Crippen molar-refractivity contribution in [1.29, 1.82) is 0 Å². The molecule has 94 valence electrons. The van der Waals surface area contributed by atoms with Crippen LogP contribution in [0.5, 0.6) is 0 Å². The summed E-state index contributed by atoms with van der Waals surface area (Å²) in [5.74, 6) is -1.24. The molecule has 0 aliphatic carbocycles. The first-order valence-electron chi connectivity index (χ1n) is 4.72. The van der Waals surface area contributed by atoms with Crippen molar-refractivity contribution in [2.45, 2.75) is 17.7 Å². The minimum absolute atomic E-state index is 0.0530. The van der Waals surface area contributed by atoms with Crippen LogP contribution in [-0.2, 0) is 14.6 Å². The summed E-state index contributed by atoms with van der Waals surface area (Å²) in [7, 11) is -3.50. The van der Waals surface area contributed by atoms with Gasteiger partial charge in [0.2, 0.25) is 0 Å². The third-order valence-electron chi connectivity index (χ3n) is 2.05. The Bertz CT molecular complexity index is 525. The quantitative estimate of drug-likeness (QED) is 0.907. The Labute approximate surface area is 109 Å². The summed E-state index contributed by atoms with van der Waals surface area (Å²) in [6, 6.07) is 4.01. The lowest BCUT2D eigenvalue weighted by molar-refractivity contribution is -0.137. The topological polar surface area (TPSA) is 71.4 Å². The monoisotopic (exact) mass is 296 g/mol. The summed E-state index contributed by atoms with van der Waals surface area (Å²) in [6.07, 6.45) is -0.113. The van der Waals surface area contributed by atoms with E-state index >= 15 is 0 Å². The lowest BCUT2D eigenvalue weighted by atomic mass is 10.3. The fourth-order valence-corrected chi connectivity index (χ4v) is 2.90. The third kappa shape index (κ3) is 4.18. The molecule has 0 aliphatic heterocycles. The molecule has 0 unspecified atom stereocenters. The molecular weight excluding hydrogens is 287 g/mol. The van der Waals surface area contributed by atoms with Crippen LogP contribution in [0.2, 0.25) is 10.0 Å². The van der Waals surface area contributed by atoms with E-state index in [9.17, 15) is 13.2 Å². The normalized spacial score (nSPS) is 11.4. The molecule has 7 heteroatoms. The molecule has 1 rings (SSSR count). The molecule has 0 aromatic heterocycles. The van der Waals surface area contributed by atoms with Crippen LogP contribution in [-0.4, -0.2) is 25.2 Å². The molecule has 0 spiro atoms. The molecule has 0 bridgehead atoms. The van der Waals surface area contributed by atoms with E-state index in [0.717, 1.165) is 0 Å². The molecule has 0 amide bonds. The van der Waals surface area contributed by atoms with Crippen LogP contribution < -0.4 is 0 Å². The highest BCUT2D eigenvalue weighted by molar-refractivity contribution is 7.91. The number of carboxylic acids is 1. The van der Waals surface area contributed by atoms with Gasteiger partial charge in [-0.05, 0) is 24.6 Å². The van der Waals surface area contributed by atoms with Crippen molar-refractivity contribution < 1.29 is 18.3 Å². The molecule has 0 heterocycles. The molecule has 0 saturated heterocycles. The second-order valence-corrected chi connectivity index (χ2v) is 6.32. The van der Waals surface area contributed by atoms with Gasteiger partial charge in [0.15, 0.2) is 9.84 Å². The lowest BCUT2D eigenvalue weighted by Crippen LogP contribution is -2.08. The number of carbonyl (C=O) groups is 1. The van der Waals surface area contributed by atoms with Gasteiger partial charge in [-0.25, -0.2) is 8.42 Å². The van der Waals surface area contributed by atoms with Crippen molar-refractivity contribution in [3.63, 3.8) is 0 Å². The number of aliphatic carboxylic acids is 1. The number of hydrogen-bond donors (Lipinski definition) is 1. The second-order valence-electron chi connectivity index (χ2n) is 3.39. The molecule has 0 saturated carbocycles. The maximum Gasteiger partial charge on any atom is 0.303 e. The summed E-state index contributed by atoms with van der Waals surface area (Å²) in [5, 5.41) is 8.86. The van der Waals surface area contributed by atoms with Crippen LogP contribution in [0.3, 0.4) is 0 Å². The van der Waals surface area contributed by atoms with Crippen molar-refractivity contribution in [3.05, 3.63) is 28.2 Å². The predicted molar refractivity (Wildman–Crippen MR) is 65.4 cm³/mol. The Morgan fingerprint density at radius 3 is 2.41 bits per heavy atom. The predicted octanol–water partition coefficient (Wildman–Crippen LogP) is 2.63. The van der Waals surface area contributed by atoms with Crippen LogP contribution in [0.25, 0.3) is 0 Å². The molecule has 0 aliphatic rings. The van der Waals surface area contributed by atoms with E-state index in [4.69, 9.17) is 28.3 Å². The fraction of sp³-hybridized carbons (Fsp3) is 0.300. The van der Waals surface area contributed by atoms with Crippen LogP contribution in [0.4, 0.5) is 0 Å². The van der Waals surface area contributed by atoms with E-state index < -0.39 is 15.8 Å². The SMILES string of the molecule is O=C(O)CCCS(=O)(=O)c1ccc(Cl)c(Cl)c1. The van der Waals surface area contributed by atoms with E-state index in [1.54, 1.807) is 0 Å². The van der Waals surface area contributed by atoms with Gasteiger partial charge in [0.05, 0.1) is 20.7 Å². The smallest absolute Gasteiger partial charge is 0.303 e. The Morgan fingerprint density at radius 1 is 1.24 bits per heavy atom. The summed E-state index contributed by atoms with van der Waals surface area (Å²) in [4.78, 5) is 10.3. The molecular formula is C10H10Cl2O4S. The first-order valence-corrected chi connectivity index (χ1v) is 7.13. The average molecular weight is 297 g/mol. The maximum absolute atomic E-state index is 11.8. The van der Waals surface area contributed by atoms with Crippen LogP contribution in [0.1, 0.15) is 12.8 Å². The highest BCUT2D eigenvalue weighted by Crippen LogP contribution is 2.25. The number of sulfone groups is 1. The largest absolute Gasteiger partial charge is 0.481 e. The van der Waals surface area contributed by atoms with Crippen molar-refractivity contribution in [2.24, 2.45) is 0 Å². The number of carboxylic acid groups (broad SMARTS) is 1. The Morgan fingerprint density at radius 2 is 1.88 bits per heavy atom. The molecule has 1 aromatic carbocycles. The first-order chi connectivity index (χ1) is 7.83. The van der Waals surface area contributed by atoms with Gasteiger partial charge >= 0.3 is 5.97 Å². The molecule has 17 heavy (non-hydrogen) atoms. The molecule has 4 nitrogen and oxygen atoms in total. The first kappa shape index (κ1) is 14.3. The van der Waals surface area contributed by atoms with Gasteiger partial charge < -0.3 is 5.11 Å². The molecule has 1 N–H and O–H groups in total. The zero-order chi connectivity index (χ0) is 13.1. The lowest BCUT2D eigenvalue weighted by Gasteiger charge is -2.04. The summed E-state index contributed by atoms with van der Waals surface area (Å²) in [5.41, 5.74) is 0. The number of hydrogen-bond acceptors (Lipinski definition) is 3. The maximum atomic E-state index is 11.8. The second kappa shape index (κ2) is 5.71. The minimum Gasteiger partial charge on any atom is -0.481 e. The van der Waals surface area contributed by atoms with Crippen molar-refractivity contribution in [2.75, 3.05) is 5.75 Å². The van der Waals surface area contributed by atoms with Crippen molar-refractivity contribution in [3.8, 4) is 0 Å². The fourth-order valence-electron chi connectivity index (χ4n) is 1.20. The van der Waals surface area contributed by atoms with E-state index in [1.807, 2.05) is 0 Å². The molecule has 0 fully saturated rings. The van der Waals surface area contributed by atoms with Gasteiger partial charge in [0, 0.05) is 6.42 Å².